The number of hydrogen-bond acceptors (Lipinski definition) is 3. The van der Waals surface area contributed by atoms with Crippen molar-refractivity contribution in [3.8, 4) is 0 Å². The van der Waals surface area contributed by atoms with Crippen molar-refractivity contribution in [2.45, 2.75) is 85.0 Å². The van der Waals surface area contributed by atoms with Crippen molar-refractivity contribution in [3.05, 3.63) is 89.0 Å². The lowest BCUT2D eigenvalue weighted by atomic mass is 9.93. The number of benzene rings is 2. The number of allylic oxidation sites excluding steroid dienone is 3. The van der Waals surface area contributed by atoms with Gasteiger partial charge in [0.25, 0.3) is 0 Å². The summed E-state index contributed by atoms with van der Waals surface area (Å²) in [5.74, 6) is 0.378. The zero-order valence-electron chi connectivity index (χ0n) is 24.4. The second-order valence-corrected chi connectivity index (χ2v) is 9.53. The van der Waals surface area contributed by atoms with Crippen LogP contribution >= 0.6 is 0 Å². The Balaban J connectivity index is 0.000000741. The maximum absolute atomic E-state index is 12.7. The molecule has 0 radical (unpaired) electrons. The summed E-state index contributed by atoms with van der Waals surface area (Å²) in [6.45, 7) is 16.3. The van der Waals surface area contributed by atoms with Gasteiger partial charge in [-0.3, -0.25) is 0 Å². The van der Waals surface area contributed by atoms with Crippen molar-refractivity contribution in [2.24, 2.45) is 10.1 Å². The van der Waals surface area contributed by atoms with Crippen LogP contribution in [-0.4, -0.2) is 17.3 Å². The topological polar surface area (TPSA) is 71.0 Å². The summed E-state index contributed by atoms with van der Waals surface area (Å²) in [4.78, 5) is 3.59. The number of alkyl halides is 6. The highest BCUT2D eigenvalue weighted by Gasteiger charge is 2.37. The van der Waals surface area contributed by atoms with Gasteiger partial charge < -0.3 is 10.9 Å². The average Bonchev–Trinajstić information content (AvgIpc) is 2.88. The number of nitrogens with two attached hydrogens (primary N) is 1. The molecule has 0 spiro atoms. The van der Waals surface area contributed by atoms with Gasteiger partial charge in [0, 0.05) is 17.5 Å². The van der Waals surface area contributed by atoms with Crippen LogP contribution in [0.3, 0.4) is 0 Å². The van der Waals surface area contributed by atoms with E-state index >= 15 is 0 Å². The number of halogens is 6. The van der Waals surface area contributed by atoms with E-state index in [2.05, 4.69) is 81.7 Å². The lowest BCUT2D eigenvalue weighted by Crippen LogP contribution is -2.13. The van der Waals surface area contributed by atoms with Crippen LogP contribution in [0, 0.1) is 0 Å². The summed E-state index contributed by atoms with van der Waals surface area (Å²) >= 11 is 0. The first-order valence-electron chi connectivity index (χ1n) is 13.2. The third-order valence-electron chi connectivity index (χ3n) is 5.54. The van der Waals surface area contributed by atoms with Gasteiger partial charge in [-0.25, -0.2) is 4.99 Å². The molecule has 41 heavy (non-hydrogen) atoms. The number of amidine groups is 1. The number of anilines is 1. The molecule has 0 aliphatic heterocycles. The summed E-state index contributed by atoms with van der Waals surface area (Å²) < 4.78 is 76.4. The predicted molar refractivity (Wildman–Crippen MR) is 157 cm³/mol. The van der Waals surface area contributed by atoms with Crippen molar-refractivity contribution < 1.29 is 31.5 Å². The molecule has 0 heterocycles. The molecule has 0 amide bonds. The quantitative estimate of drug-likeness (QED) is 0.0496. The number of aliphatic imine (C=N–C) groups is 1. The van der Waals surface area contributed by atoms with Gasteiger partial charge in [-0.05, 0) is 67.3 Å². The van der Waals surface area contributed by atoms with Crippen molar-refractivity contribution >= 4 is 17.7 Å². The molecule has 0 fully saturated rings. The van der Waals surface area contributed by atoms with E-state index in [-0.39, 0.29) is 6.07 Å². The number of para-hydroxylation sites is 1. The maximum atomic E-state index is 12.7. The SMILES string of the molecule is C/C=C\CC.C=CCCC=N/C(=N\O)c1cc(C(F)(F)F)cc(C(F)(F)F)c1.CC(C)c1cccc(C(C)C)c1N. The molecule has 2 rings (SSSR count). The first kappa shape index (κ1) is 37.4. The van der Waals surface area contributed by atoms with Gasteiger partial charge >= 0.3 is 12.4 Å². The van der Waals surface area contributed by atoms with Crippen LogP contribution in [0.15, 0.2) is 71.4 Å². The van der Waals surface area contributed by atoms with Crippen LogP contribution in [0.4, 0.5) is 32.0 Å². The zero-order valence-corrected chi connectivity index (χ0v) is 24.4. The molecule has 2 aromatic carbocycles. The Morgan fingerprint density at radius 3 is 1.73 bits per heavy atom. The molecule has 0 aliphatic carbocycles. The Morgan fingerprint density at radius 2 is 1.41 bits per heavy atom. The molecule has 0 bridgehead atoms. The Labute approximate surface area is 239 Å². The third-order valence-corrected chi connectivity index (χ3v) is 5.54. The predicted octanol–water partition coefficient (Wildman–Crippen LogP) is 10.4. The summed E-state index contributed by atoms with van der Waals surface area (Å²) in [6, 6.07) is 7.20. The molecule has 228 valence electrons. The van der Waals surface area contributed by atoms with E-state index < -0.39 is 34.9 Å². The van der Waals surface area contributed by atoms with Crippen LogP contribution in [0.5, 0.6) is 0 Å². The molecular weight excluding hydrogens is 544 g/mol. The first-order chi connectivity index (χ1) is 19.0. The highest BCUT2D eigenvalue weighted by molar-refractivity contribution is 6.03. The number of oxime groups is 1. The summed E-state index contributed by atoms with van der Waals surface area (Å²) in [6.07, 6.45) is -1.02. The molecule has 3 N–H and O–H groups in total. The highest BCUT2D eigenvalue weighted by Crippen LogP contribution is 2.36. The second-order valence-electron chi connectivity index (χ2n) is 9.53. The fourth-order valence-corrected chi connectivity index (χ4v) is 3.43. The minimum absolute atomic E-state index is 0.0140. The maximum Gasteiger partial charge on any atom is 0.416 e. The van der Waals surface area contributed by atoms with E-state index in [0.29, 0.717) is 36.8 Å². The van der Waals surface area contributed by atoms with E-state index in [1.165, 1.54) is 17.3 Å². The zero-order chi connectivity index (χ0) is 31.8. The summed E-state index contributed by atoms with van der Waals surface area (Å²) in [7, 11) is 0. The van der Waals surface area contributed by atoms with Gasteiger partial charge in [0.15, 0.2) is 5.84 Å². The molecule has 0 saturated carbocycles. The lowest BCUT2D eigenvalue weighted by molar-refractivity contribution is -0.143. The monoisotopic (exact) mass is 585 g/mol. The Morgan fingerprint density at radius 1 is 0.927 bits per heavy atom. The molecule has 10 heteroatoms. The van der Waals surface area contributed by atoms with Crippen LogP contribution in [-0.2, 0) is 12.4 Å². The van der Waals surface area contributed by atoms with Crippen LogP contribution in [0.25, 0.3) is 0 Å². The smallest absolute Gasteiger partial charge is 0.409 e. The van der Waals surface area contributed by atoms with Crippen LogP contribution in [0.1, 0.15) is 100 Å². The van der Waals surface area contributed by atoms with Gasteiger partial charge in [0.1, 0.15) is 0 Å². The van der Waals surface area contributed by atoms with Crippen molar-refractivity contribution in [1.29, 1.82) is 0 Å². The number of nitrogens with zero attached hydrogens (tertiary/aromatic N) is 2. The number of unbranched alkanes of at least 4 members (excludes halogenated alkanes) is 1. The molecule has 0 saturated heterocycles. The van der Waals surface area contributed by atoms with Crippen molar-refractivity contribution in [3.63, 3.8) is 0 Å². The van der Waals surface area contributed by atoms with Crippen LogP contribution < -0.4 is 5.73 Å². The van der Waals surface area contributed by atoms with E-state index in [1.54, 1.807) is 6.08 Å². The molecule has 2 aromatic rings. The minimum Gasteiger partial charge on any atom is -0.409 e. The summed E-state index contributed by atoms with van der Waals surface area (Å²) in [5.41, 5.74) is 5.99. The number of nitrogen functional groups attached to an aromatic ring is 1. The van der Waals surface area contributed by atoms with Crippen LogP contribution in [0.2, 0.25) is 0 Å². The average molecular weight is 586 g/mol. The largest absolute Gasteiger partial charge is 0.416 e. The van der Waals surface area contributed by atoms with Gasteiger partial charge in [-0.2, -0.15) is 26.3 Å². The van der Waals surface area contributed by atoms with E-state index in [1.807, 2.05) is 6.92 Å². The molecule has 0 atom stereocenters. The highest BCUT2D eigenvalue weighted by atomic mass is 19.4. The van der Waals surface area contributed by atoms with Gasteiger partial charge in [0.2, 0.25) is 0 Å². The summed E-state index contributed by atoms with van der Waals surface area (Å²) in [5, 5.41) is 11.5. The Bertz CT molecular complexity index is 1100. The minimum atomic E-state index is -4.98. The molecular formula is C31H41F6N3O. The van der Waals surface area contributed by atoms with Crippen molar-refractivity contribution in [2.75, 3.05) is 5.73 Å². The number of rotatable bonds is 7. The Kier molecular flexibility index (Phi) is 16.4. The molecule has 0 unspecified atom stereocenters. The van der Waals surface area contributed by atoms with Gasteiger partial charge in [0.05, 0.1) is 11.1 Å². The number of hydrogen-bond donors (Lipinski definition) is 2. The normalized spacial score (nSPS) is 12.4. The Hall–Kier alpha value is -3.56. The molecule has 0 aliphatic rings. The standard InChI is InChI=1S/C14H12F6N2O.C12H19N.C5H10/c1-2-3-4-5-21-12(22-23)9-6-10(13(15,16)17)8-11(7-9)14(18,19)20;1-8(2)10-6-5-7-11(9(3)4)12(10)13;1-3-5-4-2/h2,5-8,23H,1,3-4H2;5-9H,13H2,1-4H3;3,5H,4H2,1-2H3/b21-5?,22-12-;;5-3-. The van der Waals surface area contributed by atoms with E-state index in [0.717, 1.165) is 12.1 Å². The fraction of sp³-hybridized carbons (Fsp3) is 0.419. The van der Waals surface area contributed by atoms with E-state index in [9.17, 15) is 26.3 Å². The first-order valence-corrected chi connectivity index (χ1v) is 13.2. The van der Waals surface area contributed by atoms with Gasteiger partial charge in [-0.1, -0.05) is 76.2 Å². The third kappa shape index (κ3) is 13.6. The molecule has 0 aromatic heterocycles. The van der Waals surface area contributed by atoms with Crippen molar-refractivity contribution in [1.82, 2.24) is 0 Å². The lowest BCUT2D eigenvalue weighted by Gasteiger charge is -2.15. The fourth-order valence-electron chi connectivity index (χ4n) is 3.43. The molecule has 4 nitrogen and oxygen atoms in total. The second kappa shape index (κ2) is 18.0. The van der Waals surface area contributed by atoms with Gasteiger partial charge in [-0.15, -0.1) is 6.58 Å². The van der Waals surface area contributed by atoms with E-state index in [4.69, 9.17) is 10.9 Å².